The van der Waals surface area contributed by atoms with Crippen LogP contribution in [0.25, 0.3) is 6.08 Å². The highest BCUT2D eigenvalue weighted by molar-refractivity contribution is 5.99. The molecule has 6 nitrogen and oxygen atoms in total. The largest absolute Gasteiger partial charge is 0.416 e. The molecule has 0 fully saturated rings. The Morgan fingerprint density at radius 1 is 1.05 bits per heavy atom. The van der Waals surface area contributed by atoms with Crippen molar-refractivity contribution in [1.82, 2.24) is 5.32 Å². The van der Waals surface area contributed by atoms with Crippen molar-refractivity contribution in [1.29, 1.82) is 0 Å². The fourth-order valence-electron chi connectivity index (χ4n) is 3.42. The highest BCUT2D eigenvalue weighted by Crippen LogP contribution is 2.29. The van der Waals surface area contributed by atoms with Crippen molar-refractivity contribution in [2.45, 2.75) is 39.4 Å². The standard InChI is InChI=1S/C27H32F3N3O2.CH4O/c1-19(2)20(3)33(4)25-14-13-24(17-22(25)15-16-31-18-34)32-26(35)8-6-5-7-21-9-11-23(12-10-21)27(28,29)30;1-2/h5-14,17-20H,15-16H2,1-4H3,(H,31,34)(H,32,35);2H,1H3/b7-5+,8-6+;. The SMILES string of the molecule is CC(C)C(C)N(C)c1ccc(NC(=O)/C=C/C=C/c2ccc(C(F)(F)F)cc2)cc1CCNC=O.CO. The molecule has 0 aliphatic heterocycles. The van der Waals surface area contributed by atoms with Crippen LogP contribution in [0.3, 0.4) is 0 Å². The van der Waals surface area contributed by atoms with Crippen molar-refractivity contribution in [3.05, 3.63) is 77.4 Å². The molecule has 9 heteroatoms. The maximum absolute atomic E-state index is 12.6. The number of benzene rings is 2. The summed E-state index contributed by atoms with van der Waals surface area (Å²) in [5.74, 6) is 0.108. The summed E-state index contributed by atoms with van der Waals surface area (Å²) in [5.41, 5.74) is 2.54. The summed E-state index contributed by atoms with van der Waals surface area (Å²) in [7, 11) is 3.03. The number of anilines is 2. The zero-order valence-corrected chi connectivity index (χ0v) is 21.8. The van der Waals surface area contributed by atoms with Crippen LogP contribution in [0.2, 0.25) is 0 Å². The van der Waals surface area contributed by atoms with Crippen LogP contribution in [-0.2, 0) is 22.2 Å². The molecule has 0 bridgehead atoms. The molecule has 0 saturated carbocycles. The molecule has 0 saturated heterocycles. The Kier molecular flexibility index (Phi) is 13.2. The van der Waals surface area contributed by atoms with E-state index in [-0.39, 0.29) is 5.91 Å². The van der Waals surface area contributed by atoms with Gasteiger partial charge in [-0.2, -0.15) is 13.2 Å². The van der Waals surface area contributed by atoms with Gasteiger partial charge < -0.3 is 20.6 Å². The lowest BCUT2D eigenvalue weighted by molar-refractivity contribution is -0.137. The van der Waals surface area contributed by atoms with Crippen LogP contribution in [0.1, 0.15) is 37.5 Å². The maximum atomic E-state index is 12.6. The Bertz CT molecular complexity index is 1050. The normalized spacial score (nSPS) is 12.3. The first-order valence-corrected chi connectivity index (χ1v) is 11.8. The predicted molar refractivity (Wildman–Crippen MR) is 143 cm³/mol. The number of alkyl halides is 3. The van der Waals surface area contributed by atoms with Gasteiger partial charge in [-0.1, -0.05) is 44.2 Å². The summed E-state index contributed by atoms with van der Waals surface area (Å²) in [4.78, 5) is 25.2. The molecule has 0 spiro atoms. The molecule has 0 radical (unpaired) electrons. The van der Waals surface area contributed by atoms with Crippen LogP contribution in [0.5, 0.6) is 0 Å². The average molecular weight is 520 g/mol. The first kappa shape index (κ1) is 31.4. The lowest BCUT2D eigenvalue weighted by atomic mass is 10.0. The van der Waals surface area contributed by atoms with Crippen LogP contribution in [0.4, 0.5) is 24.5 Å². The predicted octanol–water partition coefficient (Wildman–Crippen LogP) is 5.29. The smallest absolute Gasteiger partial charge is 0.400 e. The van der Waals surface area contributed by atoms with Crippen LogP contribution >= 0.6 is 0 Å². The lowest BCUT2D eigenvalue weighted by Crippen LogP contribution is -2.34. The minimum atomic E-state index is -4.37. The second-order valence-electron chi connectivity index (χ2n) is 8.59. The van der Waals surface area contributed by atoms with E-state index in [2.05, 4.69) is 36.3 Å². The highest BCUT2D eigenvalue weighted by atomic mass is 19.4. The molecular weight excluding hydrogens is 483 g/mol. The summed E-state index contributed by atoms with van der Waals surface area (Å²) >= 11 is 0. The molecule has 0 aliphatic carbocycles. The number of carbonyl (C=O) groups is 2. The second-order valence-corrected chi connectivity index (χ2v) is 8.59. The van der Waals surface area contributed by atoms with Crippen LogP contribution in [0, 0.1) is 5.92 Å². The van der Waals surface area contributed by atoms with Crippen molar-refractivity contribution >= 4 is 29.8 Å². The highest BCUT2D eigenvalue weighted by Gasteiger charge is 2.29. The molecule has 202 valence electrons. The van der Waals surface area contributed by atoms with Crippen LogP contribution < -0.4 is 15.5 Å². The molecule has 37 heavy (non-hydrogen) atoms. The van der Waals surface area contributed by atoms with Gasteiger partial charge in [0.05, 0.1) is 5.56 Å². The minimum absolute atomic E-state index is 0.299. The van der Waals surface area contributed by atoms with Gasteiger partial charge in [-0.25, -0.2) is 0 Å². The van der Waals surface area contributed by atoms with Gasteiger partial charge >= 0.3 is 6.18 Å². The summed E-state index contributed by atoms with van der Waals surface area (Å²) in [5, 5.41) is 12.5. The second kappa shape index (κ2) is 15.5. The van der Waals surface area contributed by atoms with E-state index in [4.69, 9.17) is 5.11 Å². The molecular formula is C28H36F3N3O3. The Morgan fingerprint density at radius 3 is 2.27 bits per heavy atom. The Morgan fingerprint density at radius 2 is 1.70 bits per heavy atom. The number of carbonyl (C=O) groups excluding carboxylic acids is 2. The summed E-state index contributed by atoms with van der Waals surface area (Å²) < 4.78 is 37.9. The van der Waals surface area contributed by atoms with Gasteiger partial charge in [-0.3, -0.25) is 9.59 Å². The number of hydrogen-bond acceptors (Lipinski definition) is 4. The van der Waals surface area contributed by atoms with Gasteiger partial charge in [0.25, 0.3) is 0 Å². The lowest BCUT2D eigenvalue weighted by Gasteiger charge is -2.32. The zero-order chi connectivity index (χ0) is 28.0. The Labute approximate surface area is 216 Å². The van der Waals surface area contributed by atoms with E-state index in [1.54, 1.807) is 12.2 Å². The Balaban J connectivity index is 0.00000334. The molecule has 2 aromatic carbocycles. The number of amides is 2. The van der Waals surface area contributed by atoms with Crippen molar-refractivity contribution in [3.8, 4) is 0 Å². The number of aliphatic hydroxyl groups is 1. The number of nitrogens with zero attached hydrogens (tertiary/aromatic N) is 1. The van der Waals surface area contributed by atoms with Gasteiger partial charge in [0.2, 0.25) is 12.3 Å². The van der Waals surface area contributed by atoms with Crippen molar-refractivity contribution in [2.24, 2.45) is 5.92 Å². The molecule has 2 rings (SSSR count). The van der Waals surface area contributed by atoms with E-state index in [0.717, 1.165) is 30.5 Å². The number of aliphatic hydroxyl groups excluding tert-OH is 1. The molecule has 0 heterocycles. The zero-order valence-electron chi connectivity index (χ0n) is 21.8. The number of allylic oxidation sites excluding steroid dienone is 2. The number of halogens is 3. The Hall–Kier alpha value is -3.59. The molecule has 3 N–H and O–H groups in total. The average Bonchev–Trinajstić information content (AvgIpc) is 2.87. The van der Waals surface area contributed by atoms with E-state index in [1.807, 2.05) is 25.2 Å². The van der Waals surface area contributed by atoms with Crippen LogP contribution in [0.15, 0.2) is 60.7 Å². The monoisotopic (exact) mass is 519 g/mol. The molecule has 1 unspecified atom stereocenters. The number of nitrogens with one attached hydrogen (secondary N) is 2. The van der Waals surface area contributed by atoms with Gasteiger partial charge in [-0.05, 0) is 60.7 Å². The molecule has 0 aromatic heterocycles. The fraction of sp³-hybridized carbons (Fsp3) is 0.357. The first-order valence-electron chi connectivity index (χ1n) is 11.8. The first-order chi connectivity index (χ1) is 17.5. The van der Waals surface area contributed by atoms with Crippen molar-refractivity contribution in [2.75, 3.05) is 30.9 Å². The third-order valence-corrected chi connectivity index (χ3v) is 5.81. The van der Waals surface area contributed by atoms with Gasteiger partial charge in [0.15, 0.2) is 0 Å². The number of hydrogen-bond donors (Lipinski definition) is 3. The van der Waals surface area contributed by atoms with E-state index >= 15 is 0 Å². The van der Waals surface area contributed by atoms with Crippen molar-refractivity contribution < 1.29 is 27.9 Å². The minimum Gasteiger partial charge on any atom is -0.400 e. The molecule has 2 aromatic rings. The summed E-state index contributed by atoms with van der Waals surface area (Å²) in [6.07, 6.45) is 2.97. The van der Waals surface area contributed by atoms with Gasteiger partial charge in [0.1, 0.15) is 0 Å². The van der Waals surface area contributed by atoms with Gasteiger partial charge in [0, 0.05) is 44.2 Å². The molecule has 2 amide bonds. The number of rotatable bonds is 11. The van der Waals surface area contributed by atoms with E-state index in [1.165, 1.54) is 24.3 Å². The molecule has 1 atom stereocenters. The molecule has 0 aliphatic rings. The fourth-order valence-corrected chi connectivity index (χ4v) is 3.42. The quantitative estimate of drug-likeness (QED) is 0.163. The van der Waals surface area contributed by atoms with Gasteiger partial charge in [-0.15, -0.1) is 0 Å². The summed E-state index contributed by atoms with van der Waals surface area (Å²) in [6, 6.07) is 10.8. The van der Waals surface area contributed by atoms with E-state index in [0.29, 0.717) is 42.6 Å². The van der Waals surface area contributed by atoms with Crippen LogP contribution in [-0.4, -0.2) is 44.2 Å². The van der Waals surface area contributed by atoms with E-state index in [9.17, 15) is 22.8 Å². The summed E-state index contributed by atoms with van der Waals surface area (Å²) in [6.45, 7) is 6.94. The van der Waals surface area contributed by atoms with E-state index < -0.39 is 11.7 Å². The third-order valence-electron chi connectivity index (χ3n) is 5.81. The van der Waals surface area contributed by atoms with Crippen molar-refractivity contribution in [3.63, 3.8) is 0 Å². The third kappa shape index (κ3) is 10.5. The maximum Gasteiger partial charge on any atom is 0.416 e. The topological polar surface area (TPSA) is 81.7 Å².